The summed E-state index contributed by atoms with van der Waals surface area (Å²) in [4.78, 5) is 26.7. The molecule has 0 bridgehead atoms. The maximum Gasteiger partial charge on any atom is 0.244 e. The van der Waals surface area contributed by atoms with Gasteiger partial charge in [-0.1, -0.05) is 30.3 Å². The Morgan fingerprint density at radius 2 is 1.82 bits per heavy atom. The summed E-state index contributed by atoms with van der Waals surface area (Å²) in [5.41, 5.74) is 5.54. The number of para-hydroxylation sites is 2. The number of hydrogen-bond donors (Lipinski definition) is 2. The number of benzene rings is 2. The molecule has 0 aromatic heterocycles. The third-order valence-electron chi connectivity index (χ3n) is 5.78. The maximum absolute atomic E-state index is 13.1. The first kappa shape index (κ1) is 18.7. The summed E-state index contributed by atoms with van der Waals surface area (Å²) < 4.78 is 0. The zero-order valence-electron chi connectivity index (χ0n) is 16.5. The Labute approximate surface area is 166 Å². The standard InChI is InChI=1S/C23H27N3O2/c1-15(18-12-11-17-7-3-4-8-19(17)13-18)24-16(2)23(28)26-14-22(27)25-20-9-5-6-10-21(20)26/h5-6,9-13,15-16,24H,3-4,7-8,14H2,1-2H3,(H,25,27)/t15-,16-/m0/s1. The lowest BCUT2D eigenvalue weighted by atomic mass is 9.89. The monoisotopic (exact) mass is 377 g/mol. The predicted octanol–water partition coefficient (Wildman–Crippen LogP) is 3.59. The van der Waals surface area contributed by atoms with Crippen LogP contribution in [-0.4, -0.2) is 24.4 Å². The second-order valence-corrected chi connectivity index (χ2v) is 7.84. The molecule has 5 heteroatoms. The Hall–Kier alpha value is -2.66. The number of anilines is 2. The van der Waals surface area contributed by atoms with Crippen molar-refractivity contribution in [2.75, 3.05) is 16.8 Å². The van der Waals surface area contributed by atoms with Crippen LogP contribution in [0.1, 0.15) is 49.4 Å². The van der Waals surface area contributed by atoms with Gasteiger partial charge >= 0.3 is 0 Å². The second-order valence-electron chi connectivity index (χ2n) is 7.84. The SMILES string of the molecule is C[C@H](N[C@@H](C)c1ccc2c(c1)CCCC2)C(=O)N1CC(=O)Nc2ccccc21. The molecule has 0 spiro atoms. The third kappa shape index (κ3) is 3.67. The molecule has 28 heavy (non-hydrogen) atoms. The van der Waals surface area contributed by atoms with Crippen LogP contribution >= 0.6 is 0 Å². The fraction of sp³-hybridized carbons (Fsp3) is 0.391. The van der Waals surface area contributed by atoms with Gasteiger partial charge in [0.15, 0.2) is 0 Å². The van der Waals surface area contributed by atoms with Gasteiger partial charge in [-0.15, -0.1) is 0 Å². The molecule has 0 radical (unpaired) electrons. The molecule has 2 aromatic carbocycles. The van der Waals surface area contributed by atoms with E-state index >= 15 is 0 Å². The average molecular weight is 377 g/mol. The van der Waals surface area contributed by atoms with Crippen molar-refractivity contribution in [3.63, 3.8) is 0 Å². The summed E-state index contributed by atoms with van der Waals surface area (Å²) in [6.45, 7) is 4.01. The van der Waals surface area contributed by atoms with Crippen molar-refractivity contribution in [3.8, 4) is 0 Å². The molecule has 2 aliphatic rings. The van der Waals surface area contributed by atoms with E-state index in [0.29, 0.717) is 5.69 Å². The molecule has 0 saturated carbocycles. The van der Waals surface area contributed by atoms with Crippen molar-refractivity contribution < 1.29 is 9.59 Å². The van der Waals surface area contributed by atoms with Gasteiger partial charge in [0.1, 0.15) is 6.54 Å². The van der Waals surface area contributed by atoms with Crippen LogP contribution in [0.2, 0.25) is 0 Å². The van der Waals surface area contributed by atoms with Crippen LogP contribution in [0.3, 0.4) is 0 Å². The average Bonchev–Trinajstić information content (AvgIpc) is 2.72. The van der Waals surface area contributed by atoms with E-state index < -0.39 is 6.04 Å². The van der Waals surface area contributed by atoms with Crippen LogP contribution < -0.4 is 15.5 Å². The first-order valence-corrected chi connectivity index (χ1v) is 10.1. The Morgan fingerprint density at radius 3 is 2.64 bits per heavy atom. The number of nitrogens with one attached hydrogen (secondary N) is 2. The molecule has 2 amide bonds. The van der Waals surface area contributed by atoms with Crippen molar-refractivity contribution >= 4 is 23.2 Å². The number of carbonyl (C=O) groups excluding carboxylic acids is 2. The Bertz CT molecular complexity index is 908. The van der Waals surface area contributed by atoms with E-state index in [1.165, 1.54) is 36.0 Å². The molecule has 1 aliphatic heterocycles. The Kier molecular flexibility index (Phi) is 5.18. The molecular weight excluding hydrogens is 350 g/mol. The van der Waals surface area contributed by atoms with Gasteiger partial charge in [-0.2, -0.15) is 0 Å². The zero-order chi connectivity index (χ0) is 19.7. The highest BCUT2D eigenvalue weighted by molar-refractivity contribution is 6.11. The van der Waals surface area contributed by atoms with Crippen LogP contribution in [0.15, 0.2) is 42.5 Å². The minimum atomic E-state index is -0.398. The lowest BCUT2D eigenvalue weighted by Gasteiger charge is -2.32. The second kappa shape index (κ2) is 7.76. The van der Waals surface area contributed by atoms with Crippen molar-refractivity contribution in [1.29, 1.82) is 0 Å². The molecule has 0 saturated heterocycles. The molecule has 0 unspecified atom stereocenters. The number of rotatable bonds is 4. The smallest absolute Gasteiger partial charge is 0.244 e. The largest absolute Gasteiger partial charge is 0.323 e. The highest BCUT2D eigenvalue weighted by atomic mass is 16.2. The predicted molar refractivity (Wildman–Crippen MR) is 112 cm³/mol. The first-order chi connectivity index (χ1) is 13.5. The molecule has 2 aromatic rings. The molecule has 1 heterocycles. The first-order valence-electron chi connectivity index (χ1n) is 10.1. The normalized spacial score (nSPS) is 17.9. The number of aryl methyl sites for hydroxylation is 2. The van der Waals surface area contributed by atoms with Crippen LogP contribution in [0, 0.1) is 0 Å². The molecule has 5 nitrogen and oxygen atoms in total. The fourth-order valence-electron chi connectivity index (χ4n) is 4.23. The van der Waals surface area contributed by atoms with Gasteiger partial charge in [0.25, 0.3) is 0 Å². The highest BCUT2D eigenvalue weighted by Crippen LogP contribution is 2.30. The fourth-order valence-corrected chi connectivity index (χ4v) is 4.23. The van der Waals surface area contributed by atoms with Crippen molar-refractivity contribution in [1.82, 2.24) is 5.32 Å². The van der Waals surface area contributed by atoms with Crippen LogP contribution in [-0.2, 0) is 22.4 Å². The molecule has 2 atom stereocenters. The summed E-state index contributed by atoms with van der Waals surface area (Å²) in [5, 5.41) is 6.25. The number of fused-ring (bicyclic) bond motifs is 2. The summed E-state index contributed by atoms with van der Waals surface area (Å²) in [5.74, 6) is -0.255. The van der Waals surface area contributed by atoms with Crippen molar-refractivity contribution in [3.05, 3.63) is 59.2 Å². The van der Waals surface area contributed by atoms with Gasteiger partial charge in [-0.3, -0.25) is 19.8 Å². The Balaban J connectivity index is 1.48. The van der Waals surface area contributed by atoms with Crippen LogP contribution in [0.4, 0.5) is 11.4 Å². The van der Waals surface area contributed by atoms with E-state index in [2.05, 4.69) is 35.8 Å². The van der Waals surface area contributed by atoms with Crippen molar-refractivity contribution in [2.45, 2.75) is 51.6 Å². The lowest BCUT2D eigenvalue weighted by molar-refractivity contribution is -0.123. The highest BCUT2D eigenvalue weighted by Gasteiger charge is 2.30. The van der Waals surface area contributed by atoms with E-state index in [0.717, 1.165) is 12.1 Å². The topological polar surface area (TPSA) is 61.4 Å². The lowest BCUT2D eigenvalue weighted by Crippen LogP contribution is -2.50. The molecule has 146 valence electrons. The Morgan fingerprint density at radius 1 is 1.07 bits per heavy atom. The van der Waals surface area contributed by atoms with E-state index in [-0.39, 0.29) is 24.4 Å². The van der Waals surface area contributed by atoms with E-state index in [1.54, 1.807) is 4.90 Å². The van der Waals surface area contributed by atoms with Crippen LogP contribution in [0.5, 0.6) is 0 Å². The minimum absolute atomic E-state index is 0.0507. The number of hydrogen-bond acceptors (Lipinski definition) is 3. The van der Waals surface area contributed by atoms with Crippen LogP contribution in [0.25, 0.3) is 0 Å². The van der Waals surface area contributed by atoms with E-state index in [4.69, 9.17) is 0 Å². The van der Waals surface area contributed by atoms with Gasteiger partial charge in [0.05, 0.1) is 17.4 Å². The van der Waals surface area contributed by atoms with E-state index in [1.807, 2.05) is 31.2 Å². The van der Waals surface area contributed by atoms with Gasteiger partial charge < -0.3 is 5.32 Å². The molecule has 2 N–H and O–H groups in total. The van der Waals surface area contributed by atoms with E-state index in [9.17, 15) is 9.59 Å². The van der Waals surface area contributed by atoms with Gasteiger partial charge in [-0.05, 0) is 68.4 Å². The summed E-state index contributed by atoms with van der Waals surface area (Å²) in [6, 6.07) is 13.8. The summed E-state index contributed by atoms with van der Waals surface area (Å²) >= 11 is 0. The molecule has 1 aliphatic carbocycles. The molecule has 4 rings (SSSR count). The number of amides is 2. The number of carbonyl (C=O) groups is 2. The minimum Gasteiger partial charge on any atom is -0.323 e. The molecule has 0 fully saturated rings. The van der Waals surface area contributed by atoms with Gasteiger partial charge in [-0.25, -0.2) is 0 Å². The summed E-state index contributed by atoms with van der Waals surface area (Å²) in [7, 11) is 0. The molecular formula is C23H27N3O2. The zero-order valence-corrected chi connectivity index (χ0v) is 16.5. The number of nitrogens with zero attached hydrogens (tertiary/aromatic N) is 1. The van der Waals surface area contributed by atoms with Crippen molar-refractivity contribution in [2.24, 2.45) is 0 Å². The summed E-state index contributed by atoms with van der Waals surface area (Å²) in [6.07, 6.45) is 4.84. The third-order valence-corrected chi connectivity index (χ3v) is 5.78. The van der Waals surface area contributed by atoms with Gasteiger partial charge in [0, 0.05) is 6.04 Å². The van der Waals surface area contributed by atoms with Gasteiger partial charge in [0.2, 0.25) is 11.8 Å². The maximum atomic E-state index is 13.1. The quantitative estimate of drug-likeness (QED) is 0.856.